The van der Waals surface area contributed by atoms with Crippen LogP contribution in [0.15, 0.2) is 0 Å². The molecule has 0 aromatic carbocycles. The van der Waals surface area contributed by atoms with Crippen LogP contribution < -0.4 is 16.7 Å². The molecule has 1 saturated carbocycles. The zero-order chi connectivity index (χ0) is 11.7. The summed E-state index contributed by atoms with van der Waals surface area (Å²) in [5.74, 6) is 5.00. The lowest BCUT2D eigenvalue weighted by molar-refractivity contribution is -0.274. The third kappa shape index (κ3) is 3.65. The number of hydrogen-bond acceptors (Lipinski definition) is 4. The number of hydrazine groups is 2. The van der Waals surface area contributed by atoms with E-state index >= 15 is 0 Å². The van der Waals surface area contributed by atoms with Crippen molar-refractivity contribution >= 4 is 6.03 Å². The molecule has 0 aromatic rings. The van der Waals surface area contributed by atoms with Crippen LogP contribution in [0.2, 0.25) is 0 Å². The molecule has 1 aliphatic rings. The first-order valence-corrected chi connectivity index (χ1v) is 5.03. The van der Waals surface area contributed by atoms with Crippen molar-refractivity contribution in [1.29, 1.82) is 0 Å². The van der Waals surface area contributed by atoms with Crippen molar-refractivity contribution in [3.05, 3.63) is 0 Å². The minimum atomic E-state index is -0.479. The van der Waals surface area contributed by atoms with Gasteiger partial charge in [-0.05, 0) is 40.5 Å². The van der Waals surface area contributed by atoms with Crippen LogP contribution in [0.25, 0.3) is 0 Å². The molecule has 6 nitrogen and oxygen atoms in total. The largest absolute Gasteiger partial charge is 0.345 e. The molecule has 2 amide bonds. The predicted molar refractivity (Wildman–Crippen MR) is 56.2 cm³/mol. The summed E-state index contributed by atoms with van der Waals surface area (Å²) in [6.45, 7) is 7.80. The lowest BCUT2D eigenvalue weighted by Crippen LogP contribution is -2.55. The molecule has 6 heteroatoms. The number of nitrogens with zero attached hydrogens (tertiary/aromatic N) is 1. The van der Waals surface area contributed by atoms with Crippen LogP contribution in [0.3, 0.4) is 0 Å². The number of urea groups is 1. The SMILES string of the molecule is CC(C)(C)ON(NC(=O)NN)C1(C)CC1. The van der Waals surface area contributed by atoms with Crippen molar-refractivity contribution in [3.63, 3.8) is 0 Å². The minimum Gasteiger partial charge on any atom is -0.275 e. The van der Waals surface area contributed by atoms with Crippen molar-refractivity contribution in [2.24, 2.45) is 5.84 Å². The van der Waals surface area contributed by atoms with E-state index in [0.29, 0.717) is 0 Å². The first kappa shape index (κ1) is 12.2. The molecule has 0 atom stereocenters. The summed E-state index contributed by atoms with van der Waals surface area (Å²) in [6.07, 6.45) is 1.99. The van der Waals surface area contributed by atoms with E-state index in [1.165, 1.54) is 5.17 Å². The molecule has 0 aromatic heterocycles. The standard InChI is InChI=1S/C9H20N4O2/c1-8(2,3)15-13(9(4)5-6-9)12-7(14)11-10/h5-6,10H2,1-4H3,(H2,11,12,14). The van der Waals surface area contributed by atoms with Gasteiger partial charge in [0.1, 0.15) is 0 Å². The van der Waals surface area contributed by atoms with Gasteiger partial charge in [0.05, 0.1) is 11.1 Å². The maximum atomic E-state index is 11.1. The summed E-state index contributed by atoms with van der Waals surface area (Å²) >= 11 is 0. The second-order valence-corrected chi connectivity index (χ2v) is 5.08. The Labute approximate surface area is 90.0 Å². The summed E-state index contributed by atoms with van der Waals surface area (Å²) in [6, 6.07) is -0.479. The van der Waals surface area contributed by atoms with E-state index in [1.807, 2.05) is 33.1 Å². The second kappa shape index (κ2) is 3.96. The number of rotatable bonds is 3. The molecule has 4 N–H and O–H groups in total. The number of hydroxylamine groups is 1. The highest BCUT2D eigenvalue weighted by molar-refractivity contribution is 5.72. The summed E-state index contributed by atoms with van der Waals surface area (Å²) < 4.78 is 0. The van der Waals surface area contributed by atoms with Crippen LogP contribution in [0.4, 0.5) is 4.79 Å². The van der Waals surface area contributed by atoms with E-state index in [9.17, 15) is 4.79 Å². The second-order valence-electron chi connectivity index (χ2n) is 5.08. The molecule has 0 bridgehead atoms. The monoisotopic (exact) mass is 216 g/mol. The van der Waals surface area contributed by atoms with Crippen molar-refractivity contribution in [3.8, 4) is 0 Å². The van der Waals surface area contributed by atoms with Crippen LogP contribution in [0, 0.1) is 0 Å². The fraction of sp³-hybridized carbons (Fsp3) is 0.889. The van der Waals surface area contributed by atoms with Crippen molar-refractivity contribution in [2.45, 2.75) is 51.7 Å². The molecular weight excluding hydrogens is 196 g/mol. The zero-order valence-corrected chi connectivity index (χ0v) is 9.76. The van der Waals surface area contributed by atoms with Gasteiger partial charge in [-0.2, -0.15) is 0 Å². The van der Waals surface area contributed by atoms with Gasteiger partial charge in [-0.25, -0.2) is 16.1 Å². The Hall–Kier alpha value is -0.850. The summed E-state index contributed by atoms with van der Waals surface area (Å²) in [4.78, 5) is 16.8. The van der Waals surface area contributed by atoms with E-state index < -0.39 is 6.03 Å². The van der Waals surface area contributed by atoms with E-state index in [2.05, 4.69) is 5.43 Å². The van der Waals surface area contributed by atoms with Gasteiger partial charge in [-0.15, -0.1) is 0 Å². The highest BCUT2D eigenvalue weighted by Gasteiger charge is 2.47. The van der Waals surface area contributed by atoms with Gasteiger partial charge in [0.15, 0.2) is 0 Å². The molecule has 0 unspecified atom stereocenters. The molecule has 0 heterocycles. The molecule has 15 heavy (non-hydrogen) atoms. The number of carbonyl (C=O) groups is 1. The van der Waals surface area contributed by atoms with Crippen molar-refractivity contribution in [1.82, 2.24) is 16.0 Å². The lowest BCUT2D eigenvalue weighted by Gasteiger charge is -2.33. The average molecular weight is 216 g/mol. The molecule has 88 valence electrons. The highest BCUT2D eigenvalue weighted by atomic mass is 16.7. The lowest BCUT2D eigenvalue weighted by atomic mass is 10.2. The molecular formula is C9H20N4O2. The van der Waals surface area contributed by atoms with E-state index in [4.69, 9.17) is 10.7 Å². The highest BCUT2D eigenvalue weighted by Crippen LogP contribution is 2.41. The van der Waals surface area contributed by atoms with Crippen LogP contribution in [-0.2, 0) is 4.84 Å². The molecule has 1 aliphatic carbocycles. The minimum absolute atomic E-state index is 0.111. The quantitative estimate of drug-likeness (QED) is 0.368. The van der Waals surface area contributed by atoms with Crippen LogP contribution in [-0.4, -0.2) is 22.3 Å². The molecule has 0 saturated heterocycles. The zero-order valence-electron chi connectivity index (χ0n) is 9.76. The summed E-state index contributed by atoms with van der Waals surface area (Å²) in [5, 5.41) is 1.50. The van der Waals surface area contributed by atoms with Gasteiger partial charge in [-0.3, -0.25) is 10.3 Å². The van der Waals surface area contributed by atoms with Gasteiger partial charge in [-0.1, -0.05) is 5.17 Å². The van der Waals surface area contributed by atoms with Gasteiger partial charge in [0, 0.05) is 0 Å². The topological polar surface area (TPSA) is 79.6 Å². The van der Waals surface area contributed by atoms with Crippen LogP contribution in [0.5, 0.6) is 0 Å². The Morgan fingerprint density at radius 1 is 1.47 bits per heavy atom. The summed E-state index contributed by atoms with van der Waals surface area (Å²) in [5.41, 5.74) is 4.11. The predicted octanol–water partition coefficient (Wildman–Crippen LogP) is 0.659. The van der Waals surface area contributed by atoms with E-state index in [-0.39, 0.29) is 11.1 Å². The molecule has 1 fully saturated rings. The Bertz CT molecular complexity index is 245. The normalized spacial score (nSPS) is 18.8. The average Bonchev–Trinajstić information content (AvgIpc) is 2.81. The maximum Gasteiger partial charge on any atom is 0.345 e. The van der Waals surface area contributed by atoms with Crippen LogP contribution >= 0.6 is 0 Å². The van der Waals surface area contributed by atoms with Gasteiger partial charge in [0.25, 0.3) is 0 Å². The van der Waals surface area contributed by atoms with Gasteiger partial charge >= 0.3 is 6.03 Å². The first-order valence-electron chi connectivity index (χ1n) is 5.03. The van der Waals surface area contributed by atoms with Crippen LogP contribution in [0.1, 0.15) is 40.5 Å². The third-order valence-corrected chi connectivity index (χ3v) is 2.16. The molecule has 0 spiro atoms. The van der Waals surface area contributed by atoms with E-state index in [0.717, 1.165) is 12.8 Å². The smallest absolute Gasteiger partial charge is 0.275 e. The number of amides is 2. The molecule has 0 radical (unpaired) electrons. The van der Waals surface area contributed by atoms with Gasteiger partial charge < -0.3 is 0 Å². The Morgan fingerprint density at radius 3 is 2.33 bits per heavy atom. The molecule has 1 rings (SSSR count). The maximum absolute atomic E-state index is 11.1. The summed E-state index contributed by atoms with van der Waals surface area (Å²) in [7, 11) is 0. The van der Waals surface area contributed by atoms with Gasteiger partial charge in [0.2, 0.25) is 0 Å². The number of carbonyl (C=O) groups excluding carboxylic acids is 1. The van der Waals surface area contributed by atoms with E-state index in [1.54, 1.807) is 0 Å². The number of nitrogens with one attached hydrogen (secondary N) is 2. The Kier molecular flexibility index (Phi) is 3.22. The van der Waals surface area contributed by atoms with Crippen molar-refractivity contribution in [2.75, 3.05) is 0 Å². The Balaban J connectivity index is 2.58. The number of nitrogens with two attached hydrogens (primary N) is 1. The number of hydrogen-bond donors (Lipinski definition) is 3. The fourth-order valence-corrected chi connectivity index (χ4v) is 1.05. The Morgan fingerprint density at radius 2 is 2.00 bits per heavy atom. The molecule has 0 aliphatic heterocycles. The first-order chi connectivity index (χ1) is 6.77. The fourth-order valence-electron chi connectivity index (χ4n) is 1.05. The van der Waals surface area contributed by atoms with Crippen molar-refractivity contribution < 1.29 is 9.63 Å². The third-order valence-electron chi connectivity index (χ3n) is 2.16.